The molecule has 0 bridgehead atoms. The van der Waals surface area contributed by atoms with Crippen LogP contribution in [0.4, 0.5) is 4.39 Å². The lowest BCUT2D eigenvalue weighted by Crippen LogP contribution is -2.27. The Balaban J connectivity index is 0.00000242. The molecule has 22 heavy (non-hydrogen) atoms. The third-order valence-electron chi connectivity index (χ3n) is 2.96. The van der Waals surface area contributed by atoms with Crippen molar-refractivity contribution in [3.05, 3.63) is 45.7 Å². The minimum Gasteiger partial charge on any atom is -0.496 e. The number of nitrogens with two attached hydrogens (primary N) is 1. The van der Waals surface area contributed by atoms with Crippen LogP contribution in [0.15, 0.2) is 23.6 Å². The summed E-state index contributed by atoms with van der Waals surface area (Å²) in [7, 11) is 1.50. The van der Waals surface area contributed by atoms with Crippen molar-refractivity contribution in [1.29, 1.82) is 0 Å². The van der Waals surface area contributed by atoms with Gasteiger partial charge in [0.2, 0.25) is 0 Å². The fourth-order valence-corrected chi connectivity index (χ4v) is 2.56. The van der Waals surface area contributed by atoms with Gasteiger partial charge in [0.25, 0.3) is 5.91 Å². The minimum absolute atomic E-state index is 0. The van der Waals surface area contributed by atoms with Crippen LogP contribution < -0.4 is 15.8 Å². The smallest absolute Gasteiger partial charge is 0.271 e. The van der Waals surface area contributed by atoms with Crippen molar-refractivity contribution in [3.8, 4) is 5.75 Å². The number of carbonyl (C=O) groups excluding carboxylic acids is 1. The van der Waals surface area contributed by atoms with Crippen molar-refractivity contribution in [2.75, 3.05) is 7.11 Å². The van der Waals surface area contributed by atoms with E-state index in [1.54, 1.807) is 12.3 Å². The second-order valence-electron chi connectivity index (χ2n) is 4.41. The number of amides is 1. The third-order valence-corrected chi connectivity index (χ3v) is 3.84. The highest BCUT2D eigenvalue weighted by Crippen LogP contribution is 2.26. The van der Waals surface area contributed by atoms with E-state index in [1.165, 1.54) is 36.6 Å². The Morgan fingerprint density at radius 2 is 2.27 bits per heavy atom. The summed E-state index contributed by atoms with van der Waals surface area (Å²) in [6.45, 7) is 2.05. The molecule has 1 atom stereocenters. The number of halogens is 2. The molecule has 0 aliphatic heterocycles. The third kappa shape index (κ3) is 4.16. The van der Waals surface area contributed by atoms with Gasteiger partial charge in [-0.1, -0.05) is 0 Å². The molecule has 1 unspecified atom stereocenters. The van der Waals surface area contributed by atoms with E-state index in [1.807, 2.05) is 0 Å². The molecule has 1 aromatic heterocycles. The Hall–Kier alpha value is -1.70. The van der Waals surface area contributed by atoms with Crippen LogP contribution in [-0.2, 0) is 6.54 Å². The van der Waals surface area contributed by atoms with E-state index in [-0.39, 0.29) is 24.1 Å². The van der Waals surface area contributed by atoms with Gasteiger partial charge in [-0.2, -0.15) is 0 Å². The zero-order chi connectivity index (χ0) is 15.4. The molecular formula is C14H17ClFN3O2S. The molecule has 0 saturated carbocycles. The van der Waals surface area contributed by atoms with E-state index in [2.05, 4.69) is 10.3 Å². The molecule has 1 amide bonds. The topological polar surface area (TPSA) is 77.2 Å². The molecule has 0 aliphatic carbocycles. The fraction of sp³-hybridized carbons (Fsp3) is 0.286. The first-order valence-electron chi connectivity index (χ1n) is 6.34. The quantitative estimate of drug-likeness (QED) is 0.873. The predicted octanol–water partition coefficient (Wildman–Crippen LogP) is 2.66. The van der Waals surface area contributed by atoms with Crippen molar-refractivity contribution >= 4 is 29.7 Å². The number of rotatable bonds is 5. The van der Waals surface area contributed by atoms with Gasteiger partial charge in [-0.15, -0.1) is 23.7 Å². The van der Waals surface area contributed by atoms with Crippen molar-refractivity contribution in [1.82, 2.24) is 10.3 Å². The predicted molar refractivity (Wildman–Crippen MR) is 86.1 cm³/mol. The normalized spacial score (nSPS) is 11.5. The number of thiazole rings is 1. The summed E-state index contributed by atoms with van der Waals surface area (Å²) in [5, 5.41) is 5.11. The molecule has 2 aromatic rings. The average Bonchev–Trinajstić information content (AvgIpc) is 2.96. The van der Waals surface area contributed by atoms with Crippen LogP contribution in [0.2, 0.25) is 0 Å². The SMILES string of the molecule is COc1ccc(F)cc1C(C)NC(=O)c1csc(CN)n1.Cl. The maximum Gasteiger partial charge on any atom is 0.271 e. The van der Waals surface area contributed by atoms with Crippen molar-refractivity contribution in [2.24, 2.45) is 5.73 Å². The van der Waals surface area contributed by atoms with Gasteiger partial charge in [-0.05, 0) is 25.1 Å². The summed E-state index contributed by atoms with van der Waals surface area (Å²) in [5.74, 6) is -0.194. The summed E-state index contributed by atoms with van der Waals surface area (Å²) in [6, 6.07) is 3.77. The van der Waals surface area contributed by atoms with Gasteiger partial charge < -0.3 is 15.8 Å². The molecule has 0 fully saturated rings. The highest BCUT2D eigenvalue weighted by Gasteiger charge is 2.17. The maximum atomic E-state index is 13.4. The number of aromatic nitrogens is 1. The van der Waals surface area contributed by atoms with Crippen LogP contribution in [0.1, 0.15) is 34.0 Å². The molecule has 1 aromatic carbocycles. The van der Waals surface area contributed by atoms with E-state index >= 15 is 0 Å². The Labute approximate surface area is 138 Å². The Morgan fingerprint density at radius 1 is 1.55 bits per heavy atom. The van der Waals surface area contributed by atoms with Gasteiger partial charge in [-0.25, -0.2) is 9.37 Å². The van der Waals surface area contributed by atoms with Crippen LogP contribution in [0.25, 0.3) is 0 Å². The number of methoxy groups -OCH3 is 1. The number of nitrogens with zero attached hydrogens (tertiary/aromatic N) is 1. The molecular weight excluding hydrogens is 329 g/mol. The van der Waals surface area contributed by atoms with Crippen LogP contribution in [-0.4, -0.2) is 18.0 Å². The summed E-state index contributed by atoms with van der Waals surface area (Å²) in [5.41, 5.74) is 6.35. The van der Waals surface area contributed by atoms with Crippen molar-refractivity contribution in [2.45, 2.75) is 19.5 Å². The van der Waals surface area contributed by atoms with Crippen LogP contribution >= 0.6 is 23.7 Å². The van der Waals surface area contributed by atoms with E-state index in [9.17, 15) is 9.18 Å². The maximum absolute atomic E-state index is 13.4. The van der Waals surface area contributed by atoms with Crippen LogP contribution in [0.5, 0.6) is 5.75 Å². The number of nitrogens with one attached hydrogen (secondary N) is 1. The van der Waals surface area contributed by atoms with E-state index in [0.29, 0.717) is 28.6 Å². The molecule has 2 rings (SSSR count). The molecule has 0 spiro atoms. The number of carbonyl (C=O) groups is 1. The average molecular weight is 346 g/mol. The first-order valence-corrected chi connectivity index (χ1v) is 7.22. The van der Waals surface area contributed by atoms with Crippen LogP contribution in [0, 0.1) is 5.82 Å². The lowest BCUT2D eigenvalue weighted by atomic mass is 10.1. The first kappa shape index (κ1) is 18.3. The monoisotopic (exact) mass is 345 g/mol. The molecule has 120 valence electrons. The zero-order valence-corrected chi connectivity index (χ0v) is 13.8. The lowest BCUT2D eigenvalue weighted by Gasteiger charge is -2.16. The molecule has 5 nitrogen and oxygen atoms in total. The molecule has 0 aliphatic rings. The second kappa shape index (κ2) is 8.07. The second-order valence-corrected chi connectivity index (χ2v) is 5.35. The van der Waals surface area contributed by atoms with E-state index in [0.717, 1.165) is 0 Å². The zero-order valence-electron chi connectivity index (χ0n) is 12.1. The van der Waals surface area contributed by atoms with Crippen LogP contribution in [0.3, 0.4) is 0 Å². The lowest BCUT2D eigenvalue weighted by molar-refractivity contribution is 0.0935. The van der Waals surface area contributed by atoms with Gasteiger partial charge in [-0.3, -0.25) is 4.79 Å². The standard InChI is InChI=1S/C14H16FN3O2S.ClH/c1-8(10-5-9(15)3-4-12(10)20-2)17-14(19)11-7-21-13(6-16)18-11;/h3-5,7-8H,6,16H2,1-2H3,(H,17,19);1H. The molecule has 8 heteroatoms. The summed E-state index contributed by atoms with van der Waals surface area (Å²) in [6.07, 6.45) is 0. The highest BCUT2D eigenvalue weighted by atomic mass is 35.5. The van der Waals surface area contributed by atoms with Gasteiger partial charge in [0.15, 0.2) is 0 Å². The minimum atomic E-state index is -0.411. The Kier molecular flexibility index (Phi) is 6.73. The van der Waals surface area contributed by atoms with Gasteiger partial charge in [0.05, 0.1) is 13.2 Å². The molecule has 0 radical (unpaired) electrons. The highest BCUT2D eigenvalue weighted by molar-refractivity contribution is 7.09. The van der Waals surface area contributed by atoms with Gasteiger partial charge in [0.1, 0.15) is 22.3 Å². The van der Waals surface area contributed by atoms with Gasteiger partial charge in [0, 0.05) is 17.5 Å². The van der Waals surface area contributed by atoms with E-state index < -0.39 is 6.04 Å². The summed E-state index contributed by atoms with van der Waals surface area (Å²) in [4.78, 5) is 16.2. The first-order chi connectivity index (χ1) is 10.0. The summed E-state index contributed by atoms with van der Waals surface area (Å²) < 4.78 is 18.5. The largest absolute Gasteiger partial charge is 0.496 e. The fourth-order valence-electron chi connectivity index (χ4n) is 1.90. The summed E-state index contributed by atoms with van der Waals surface area (Å²) >= 11 is 1.33. The molecule has 3 N–H and O–H groups in total. The van der Waals surface area contributed by atoms with Crippen molar-refractivity contribution in [3.63, 3.8) is 0 Å². The molecule has 0 saturated heterocycles. The number of hydrogen-bond donors (Lipinski definition) is 2. The number of hydrogen-bond acceptors (Lipinski definition) is 5. The number of benzene rings is 1. The van der Waals surface area contributed by atoms with Crippen molar-refractivity contribution < 1.29 is 13.9 Å². The molecule has 1 heterocycles. The van der Waals surface area contributed by atoms with E-state index in [4.69, 9.17) is 10.5 Å². The van der Waals surface area contributed by atoms with Gasteiger partial charge >= 0.3 is 0 Å². The Bertz CT molecular complexity index is 651. The number of ether oxygens (including phenoxy) is 1. The Morgan fingerprint density at radius 3 is 2.86 bits per heavy atom.